The van der Waals surface area contributed by atoms with E-state index in [-0.39, 0.29) is 10.6 Å². The molecular formula is C16H20ClN5O2. The average Bonchev–Trinajstić information content (AvgIpc) is 2.82. The van der Waals surface area contributed by atoms with Gasteiger partial charge in [0.2, 0.25) is 0 Å². The third kappa shape index (κ3) is 3.37. The molecule has 3 rings (SSSR count). The molecule has 0 unspecified atom stereocenters. The van der Waals surface area contributed by atoms with Gasteiger partial charge in [0.1, 0.15) is 11.4 Å². The number of benzene rings is 1. The third-order valence-electron chi connectivity index (χ3n) is 4.41. The Balaban J connectivity index is 1.64. The zero-order valence-corrected chi connectivity index (χ0v) is 14.5. The van der Waals surface area contributed by atoms with E-state index in [1.54, 1.807) is 18.5 Å². The summed E-state index contributed by atoms with van der Waals surface area (Å²) in [6.45, 7) is 7.53. The minimum atomic E-state index is -0.356. The molecule has 0 N–H and O–H groups in total. The van der Waals surface area contributed by atoms with Crippen LogP contribution in [0.4, 0.5) is 11.4 Å². The molecule has 24 heavy (non-hydrogen) atoms. The van der Waals surface area contributed by atoms with E-state index >= 15 is 0 Å². The lowest BCUT2D eigenvalue weighted by molar-refractivity contribution is -0.386. The number of nitrogens with zero attached hydrogens (tertiary/aromatic N) is 5. The number of halogens is 1. The van der Waals surface area contributed by atoms with Crippen LogP contribution < -0.4 is 4.90 Å². The van der Waals surface area contributed by atoms with Gasteiger partial charge in [-0.05, 0) is 32.0 Å². The molecule has 0 saturated carbocycles. The highest BCUT2D eigenvalue weighted by molar-refractivity contribution is 6.30. The smallest absolute Gasteiger partial charge is 0.312 e. The molecule has 2 heterocycles. The zero-order chi connectivity index (χ0) is 17.3. The van der Waals surface area contributed by atoms with E-state index in [9.17, 15) is 10.1 Å². The van der Waals surface area contributed by atoms with Crippen molar-refractivity contribution >= 4 is 23.0 Å². The van der Waals surface area contributed by atoms with Crippen LogP contribution in [0.5, 0.6) is 0 Å². The maximum absolute atomic E-state index is 11.1. The first-order valence-corrected chi connectivity index (χ1v) is 8.25. The molecule has 8 heteroatoms. The Morgan fingerprint density at radius 3 is 2.54 bits per heavy atom. The average molecular weight is 350 g/mol. The summed E-state index contributed by atoms with van der Waals surface area (Å²) in [6.07, 6.45) is 0. The summed E-state index contributed by atoms with van der Waals surface area (Å²) in [5, 5.41) is 16.2. The number of aryl methyl sites for hydroxylation is 1. The van der Waals surface area contributed by atoms with Crippen LogP contribution >= 0.6 is 11.6 Å². The minimum absolute atomic E-state index is 0.118. The normalized spacial score (nSPS) is 15.7. The van der Waals surface area contributed by atoms with Gasteiger partial charge in [0.05, 0.1) is 11.6 Å². The van der Waals surface area contributed by atoms with Gasteiger partial charge in [-0.3, -0.25) is 15.0 Å². The van der Waals surface area contributed by atoms with Crippen molar-refractivity contribution in [1.82, 2.24) is 14.7 Å². The maximum Gasteiger partial charge on any atom is 0.312 e. The second-order valence-corrected chi connectivity index (χ2v) is 6.44. The summed E-state index contributed by atoms with van der Waals surface area (Å²) in [6, 6.07) is 7.86. The van der Waals surface area contributed by atoms with Gasteiger partial charge in [0.25, 0.3) is 0 Å². The van der Waals surface area contributed by atoms with Gasteiger partial charge in [-0.25, -0.2) is 4.68 Å². The Morgan fingerprint density at radius 2 is 1.96 bits per heavy atom. The Morgan fingerprint density at radius 1 is 1.25 bits per heavy atom. The fourth-order valence-electron chi connectivity index (χ4n) is 3.10. The van der Waals surface area contributed by atoms with Crippen LogP contribution in [-0.4, -0.2) is 45.8 Å². The van der Waals surface area contributed by atoms with Crippen molar-refractivity contribution in [2.45, 2.75) is 20.5 Å². The van der Waals surface area contributed by atoms with Crippen molar-refractivity contribution in [3.8, 4) is 0 Å². The van der Waals surface area contributed by atoms with Gasteiger partial charge >= 0.3 is 5.69 Å². The van der Waals surface area contributed by atoms with Gasteiger partial charge in [0.15, 0.2) is 0 Å². The first-order chi connectivity index (χ1) is 11.5. The van der Waals surface area contributed by atoms with Crippen molar-refractivity contribution in [3.05, 3.63) is 50.8 Å². The number of anilines is 1. The first kappa shape index (κ1) is 16.7. The van der Waals surface area contributed by atoms with Crippen molar-refractivity contribution in [1.29, 1.82) is 0 Å². The van der Waals surface area contributed by atoms with Crippen molar-refractivity contribution < 1.29 is 4.92 Å². The predicted molar refractivity (Wildman–Crippen MR) is 93.6 cm³/mol. The van der Waals surface area contributed by atoms with E-state index in [0.29, 0.717) is 18.1 Å². The molecule has 0 amide bonds. The molecular weight excluding hydrogens is 330 g/mol. The quantitative estimate of drug-likeness (QED) is 0.627. The van der Waals surface area contributed by atoms with E-state index in [1.165, 1.54) is 0 Å². The number of piperazine rings is 1. The molecule has 1 saturated heterocycles. The van der Waals surface area contributed by atoms with Gasteiger partial charge in [-0.2, -0.15) is 5.10 Å². The fraction of sp³-hybridized carbons (Fsp3) is 0.438. The van der Waals surface area contributed by atoms with Gasteiger partial charge in [0, 0.05) is 36.9 Å². The number of aromatic nitrogens is 2. The third-order valence-corrected chi connectivity index (χ3v) is 4.64. The largest absolute Gasteiger partial charge is 0.369 e. The van der Waals surface area contributed by atoms with Crippen molar-refractivity contribution in [2.24, 2.45) is 0 Å². The Labute approximate surface area is 145 Å². The molecule has 128 valence electrons. The fourth-order valence-corrected chi connectivity index (χ4v) is 3.28. The lowest BCUT2D eigenvalue weighted by Gasteiger charge is -2.36. The molecule has 1 fully saturated rings. The molecule has 0 spiro atoms. The molecule has 7 nitrogen and oxygen atoms in total. The van der Waals surface area contributed by atoms with Crippen LogP contribution in [0.3, 0.4) is 0 Å². The van der Waals surface area contributed by atoms with Crippen LogP contribution in [0.15, 0.2) is 24.3 Å². The number of hydrogen-bond donors (Lipinski definition) is 0. The second kappa shape index (κ2) is 6.78. The Hall–Kier alpha value is -2.12. The molecule has 0 aliphatic carbocycles. The SMILES string of the molecule is Cc1nn(CN2CCN(c3cccc(Cl)c3)CC2)c(C)c1[N+](=O)[O-]. The number of hydrogen-bond acceptors (Lipinski definition) is 5. The van der Waals surface area contributed by atoms with E-state index < -0.39 is 0 Å². The van der Waals surface area contributed by atoms with Crippen LogP contribution in [0.1, 0.15) is 11.4 Å². The summed E-state index contributed by atoms with van der Waals surface area (Å²) < 4.78 is 1.72. The monoisotopic (exact) mass is 349 g/mol. The standard InChI is InChI=1S/C16H20ClN5O2/c1-12-16(22(23)24)13(2)21(18-12)11-19-6-8-20(9-7-19)15-5-3-4-14(17)10-15/h3-5,10H,6-9,11H2,1-2H3. The van der Waals surface area contributed by atoms with E-state index in [4.69, 9.17) is 11.6 Å². The lowest BCUT2D eigenvalue weighted by atomic mass is 10.2. The van der Waals surface area contributed by atoms with E-state index in [1.807, 2.05) is 18.2 Å². The van der Waals surface area contributed by atoms with Crippen molar-refractivity contribution in [2.75, 3.05) is 31.1 Å². The summed E-state index contributed by atoms with van der Waals surface area (Å²) in [4.78, 5) is 15.3. The van der Waals surface area contributed by atoms with Crippen LogP contribution in [0.2, 0.25) is 5.02 Å². The Kier molecular flexibility index (Phi) is 4.73. The minimum Gasteiger partial charge on any atom is -0.369 e. The number of nitro groups is 1. The van der Waals surface area contributed by atoms with Gasteiger partial charge in [-0.15, -0.1) is 0 Å². The predicted octanol–water partition coefficient (Wildman–Crippen LogP) is 2.84. The van der Waals surface area contributed by atoms with Crippen LogP contribution in [0, 0.1) is 24.0 Å². The highest BCUT2D eigenvalue weighted by atomic mass is 35.5. The summed E-state index contributed by atoms with van der Waals surface area (Å²) >= 11 is 6.06. The highest BCUT2D eigenvalue weighted by Gasteiger charge is 2.24. The molecule has 1 aromatic heterocycles. The van der Waals surface area contributed by atoms with Gasteiger partial charge < -0.3 is 4.90 Å². The molecule has 1 aromatic carbocycles. The van der Waals surface area contributed by atoms with Crippen molar-refractivity contribution in [3.63, 3.8) is 0 Å². The number of rotatable bonds is 4. The van der Waals surface area contributed by atoms with Crippen LogP contribution in [-0.2, 0) is 6.67 Å². The summed E-state index contributed by atoms with van der Waals surface area (Å²) in [5.41, 5.74) is 2.32. The molecule has 0 bridgehead atoms. The highest BCUT2D eigenvalue weighted by Crippen LogP contribution is 2.23. The first-order valence-electron chi connectivity index (χ1n) is 7.87. The summed E-state index contributed by atoms with van der Waals surface area (Å²) in [7, 11) is 0. The van der Waals surface area contributed by atoms with E-state index in [0.717, 1.165) is 36.9 Å². The maximum atomic E-state index is 11.1. The molecule has 1 aliphatic rings. The molecule has 0 atom stereocenters. The van der Waals surface area contributed by atoms with Crippen LogP contribution in [0.25, 0.3) is 0 Å². The lowest BCUT2D eigenvalue weighted by Crippen LogP contribution is -2.47. The molecule has 0 radical (unpaired) electrons. The molecule has 2 aromatic rings. The second-order valence-electron chi connectivity index (χ2n) is 6.00. The Bertz CT molecular complexity index is 753. The zero-order valence-electron chi connectivity index (χ0n) is 13.8. The topological polar surface area (TPSA) is 67.4 Å². The van der Waals surface area contributed by atoms with E-state index in [2.05, 4.69) is 21.0 Å². The van der Waals surface area contributed by atoms with Gasteiger partial charge in [-0.1, -0.05) is 17.7 Å². The molecule has 1 aliphatic heterocycles. The summed E-state index contributed by atoms with van der Waals surface area (Å²) in [5.74, 6) is 0.